The first kappa shape index (κ1) is 16.8. The number of nitrogens with one attached hydrogen (secondary N) is 1. The van der Waals surface area contributed by atoms with E-state index in [1.54, 1.807) is 0 Å². The van der Waals surface area contributed by atoms with Crippen molar-refractivity contribution in [3.63, 3.8) is 0 Å². The molecule has 1 saturated carbocycles. The highest BCUT2D eigenvalue weighted by Crippen LogP contribution is 2.25. The van der Waals surface area contributed by atoms with Gasteiger partial charge in [0, 0.05) is 23.5 Å². The number of hydrogen-bond acceptors (Lipinski definition) is 4. The van der Waals surface area contributed by atoms with Crippen LogP contribution in [0.15, 0.2) is 24.3 Å². The summed E-state index contributed by atoms with van der Waals surface area (Å²) in [4.78, 5) is 0. The zero-order valence-electron chi connectivity index (χ0n) is 14.6. The van der Waals surface area contributed by atoms with Gasteiger partial charge in [0.1, 0.15) is 5.75 Å². The summed E-state index contributed by atoms with van der Waals surface area (Å²) in [5, 5.41) is 17.0. The van der Waals surface area contributed by atoms with Crippen LogP contribution in [-0.4, -0.2) is 27.6 Å². The summed E-state index contributed by atoms with van der Waals surface area (Å²) >= 11 is 0. The molecular formula is C19H27N3O2. The van der Waals surface area contributed by atoms with Crippen molar-refractivity contribution in [3.8, 4) is 5.75 Å². The Morgan fingerprint density at radius 3 is 2.58 bits per heavy atom. The molecule has 0 atom stereocenters. The van der Waals surface area contributed by atoms with Crippen LogP contribution in [0.25, 0.3) is 0 Å². The number of aliphatic hydroxyl groups is 1. The van der Waals surface area contributed by atoms with Gasteiger partial charge in [-0.05, 0) is 63.8 Å². The molecule has 0 saturated heterocycles. The maximum absolute atomic E-state index is 9.09. The molecule has 1 aromatic heterocycles. The second-order valence-electron chi connectivity index (χ2n) is 6.50. The van der Waals surface area contributed by atoms with E-state index in [9.17, 15) is 0 Å². The Morgan fingerprint density at radius 2 is 1.92 bits per heavy atom. The zero-order chi connectivity index (χ0) is 16.9. The third-order valence-corrected chi connectivity index (χ3v) is 4.77. The summed E-state index contributed by atoms with van der Waals surface area (Å²) in [5.41, 5.74) is 4.38. The van der Waals surface area contributed by atoms with Gasteiger partial charge in [-0.25, -0.2) is 0 Å². The van der Waals surface area contributed by atoms with Gasteiger partial charge in [0.2, 0.25) is 0 Å². The minimum Gasteiger partial charge on any atom is -0.490 e. The van der Waals surface area contributed by atoms with Crippen LogP contribution in [0.2, 0.25) is 0 Å². The van der Waals surface area contributed by atoms with Gasteiger partial charge in [-0.1, -0.05) is 0 Å². The van der Waals surface area contributed by atoms with E-state index in [1.807, 2.05) is 30.7 Å². The molecule has 1 heterocycles. The number of benzene rings is 1. The van der Waals surface area contributed by atoms with Crippen LogP contribution in [0.1, 0.15) is 42.6 Å². The van der Waals surface area contributed by atoms with Crippen molar-refractivity contribution in [3.05, 3.63) is 41.2 Å². The lowest BCUT2D eigenvalue weighted by Crippen LogP contribution is -2.10. The molecule has 0 amide bonds. The molecule has 5 heteroatoms. The van der Waals surface area contributed by atoms with Gasteiger partial charge in [-0.15, -0.1) is 0 Å². The number of aryl methyl sites for hydroxylation is 1. The van der Waals surface area contributed by atoms with E-state index in [-0.39, 0.29) is 6.61 Å². The van der Waals surface area contributed by atoms with Gasteiger partial charge in [0.25, 0.3) is 0 Å². The highest BCUT2D eigenvalue weighted by atomic mass is 16.5. The van der Waals surface area contributed by atoms with Crippen LogP contribution in [0, 0.1) is 13.8 Å². The molecule has 1 aliphatic rings. The average molecular weight is 329 g/mol. The van der Waals surface area contributed by atoms with E-state index < -0.39 is 0 Å². The summed E-state index contributed by atoms with van der Waals surface area (Å²) in [5.74, 6) is 0.954. The summed E-state index contributed by atoms with van der Waals surface area (Å²) in [6, 6.07) is 8.20. The lowest BCUT2D eigenvalue weighted by Gasteiger charge is -2.14. The first-order chi connectivity index (χ1) is 11.7. The number of aromatic nitrogens is 2. The molecule has 0 aliphatic heterocycles. The van der Waals surface area contributed by atoms with Crippen LogP contribution in [0.5, 0.6) is 5.75 Å². The van der Waals surface area contributed by atoms with Crippen molar-refractivity contribution in [1.29, 1.82) is 0 Å². The molecule has 130 valence electrons. The van der Waals surface area contributed by atoms with Crippen molar-refractivity contribution >= 4 is 5.69 Å². The molecule has 0 bridgehead atoms. The van der Waals surface area contributed by atoms with Crippen LogP contribution in [0.3, 0.4) is 0 Å². The highest BCUT2D eigenvalue weighted by Gasteiger charge is 2.16. The maximum atomic E-state index is 9.09. The van der Waals surface area contributed by atoms with E-state index in [0.29, 0.717) is 12.6 Å². The van der Waals surface area contributed by atoms with Crippen LogP contribution in [-0.2, 0) is 13.1 Å². The Kier molecular flexibility index (Phi) is 5.41. The molecule has 1 fully saturated rings. The minimum absolute atomic E-state index is 0.108. The van der Waals surface area contributed by atoms with E-state index in [1.165, 1.54) is 31.2 Å². The molecule has 24 heavy (non-hydrogen) atoms. The Hall–Kier alpha value is -2.01. The monoisotopic (exact) mass is 329 g/mol. The molecule has 0 spiro atoms. The summed E-state index contributed by atoms with van der Waals surface area (Å²) < 4.78 is 7.86. The Morgan fingerprint density at radius 1 is 1.21 bits per heavy atom. The molecule has 0 radical (unpaired) electrons. The van der Waals surface area contributed by atoms with Crippen LogP contribution in [0.4, 0.5) is 5.69 Å². The smallest absolute Gasteiger partial charge is 0.119 e. The SMILES string of the molecule is Cc1nn(CCO)c(C)c1CNc1ccc(OC2CCCC2)cc1. The third-order valence-electron chi connectivity index (χ3n) is 4.77. The van der Waals surface area contributed by atoms with Crippen molar-refractivity contribution in [2.45, 2.75) is 58.7 Å². The number of rotatable bonds is 7. The van der Waals surface area contributed by atoms with Crippen LogP contribution >= 0.6 is 0 Å². The molecule has 5 nitrogen and oxygen atoms in total. The van der Waals surface area contributed by atoms with Gasteiger partial charge in [0.15, 0.2) is 0 Å². The lowest BCUT2D eigenvalue weighted by molar-refractivity contribution is 0.210. The van der Waals surface area contributed by atoms with Gasteiger partial charge < -0.3 is 15.2 Å². The normalized spacial score (nSPS) is 15.0. The van der Waals surface area contributed by atoms with Crippen molar-refractivity contribution in [1.82, 2.24) is 9.78 Å². The van der Waals surface area contributed by atoms with Crippen molar-refractivity contribution in [2.75, 3.05) is 11.9 Å². The van der Waals surface area contributed by atoms with E-state index in [2.05, 4.69) is 22.5 Å². The summed E-state index contributed by atoms with van der Waals surface area (Å²) in [7, 11) is 0. The number of nitrogens with zero attached hydrogens (tertiary/aromatic N) is 2. The predicted molar refractivity (Wildman–Crippen MR) is 95.4 cm³/mol. The molecule has 0 unspecified atom stereocenters. The fourth-order valence-electron chi connectivity index (χ4n) is 3.34. The molecule has 1 aromatic carbocycles. The van der Waals surface area contributed by atoms with E-state index in [0.717, 1.165) is 29.4 Å². The first-order valence-corrected chi connectivity index (χ1v) is 8.81. The van der Waals surface area contributed by atoms with Crippen LogP contribution < -0.4 is 10.1 Å². The van der Waals surface area contributed by atoms with Gasteiger partial charge in [-0.2, -0.15) is 5.10 Å². The molecule has 2 N–H and O–H groups in total. The number of anilines is 1. The van der Waals surface area contributed by atoms with Gasteiger partial charge in [0.05, 0.1) is 24.9 Å². The lowest BCUT2D eigenvalue weighted by atomic mass is 10.2. The first-order valence-electron chi connectivity index (χ1n) is 8.81. The number of hydrogen-bond donors (Lipinski definition) is 2. The second-order valence-corrected chi connectivity index (χ2v) is 6.50. The minimum atomic E-state index is 0.108. The maximum Gasteiger partial charge on any atom is 0.119 e. The van der Waals surface area contributed by atoms with E-state index in [4.69, 9.17) is 9.84 Å². The third kappa shape index (κ3) is 3.90. The zero-order valence-corrected chi connectivity index (χ0v) is 14.6. The average Bonchev–Trinajstić information content (AvgIpc) is 3.17. The molecule has 3 rings (SSSR count). The summed E-state index contributed by atoms with van der Waals surface area (Å²) in [6.45, 7) is 5.44. The highest BCUT2D eigenvalue weighted by molar-refractivity contribution is 5.47. The van der Waals surface area contributed by atoms with Gasteiger partial charge >= 0.3 is 0 Å². The fourth-order valence-corrected chi connectivity index (χ4v) is 3.34. The van der Waals surface area contributed by atoms with Gasteiger partial charge in [-0.3, -0.25) is 4.68 Å². The number of aliphatic hydroxyl groups excluding tert-OH is 1. The largest absolute Gasteiger partial charge is 0.490 e. The van der Waals surface area contributed by atoms with Crippen molar-refractivity contribution < 1.29 is 9.84 Å². The standard InChI is InChI=1S/C19H27N3O2/c1-14-19(15(2)22(21-14)11-12-23)13-20-16-7-9-18(10-8-16)24-17-5-3-4-6-17/h7-10,17,20,23H,3-6,11-13H2,1-2H3. The second kappa shape index (κ2) is 7.71. The van der Waals surface area contributed by atoms with Crippen molar-refractivity contribution in [2.24, 2.45) is 0 Å². The fraction of sp³-hybridized carbons (Fsp3) is 0.526. The Labute approximate surface area is 143 Å². The quantitative estimate of drug-likeness (QED) is 0.817. The Bertz CT molecular complexity index is 658. The molecule has 2 aromatic rings. The van der Waals surface area contributed by atoms with E-state index >= 15 is 0 Å². The Balaban J connectivity index is 1.58. The topological polar surface area (TPSA) is 59.3 Å². The summed E-state index contributed by atoms with van der Waals surface area (Å²) in [6.07, 6.45) is 5.32. The number of ether oxygens (including phenoxy) is 1. The molecule has 1 aliphatic carbocycles. The predicted octanol–water partition coefficient (Wildman–Crippen LogP) is 3.43. The molecular weight excluding hydrogens is 302 g/mol.